The first kappa shape index (κ1) is 26.4. The van der Waals surface area contributed by atoms with Crippen LogP contribution >= 0.6 is 0 Å². The molecule has 2 rings (SSSR count). The van der Waals surface area contributed by atoms with Crippen molar-refractivity contribution in [2.75, 3.05) is 40.8 Å². The van der Waals surface area contributed by atoms with E-state index < -0.39 is 10.0 Å². The van der Waals surface area contributed by atoms with Crippen LogP contribution in [0.25, 0.3) is 0 Å². The van der Waals surface area contributed by atoms with E-state index in [9.17, 15) is 13.2 Å². The topological polar surface area (TPSA) is 87.7 Å². The van der Waals surface area contributed by atoms with Gasteiger partial charge in [-0.3, -0.25) is 4.79 Å². The zero-order chi connectivity index (χ0) is 23.9. The Labute approximate surface area is 193 Å². The second kappa shape index (κ2) is 11.8. The molecule has 0 radical (unpaired) electrons. The molecule has 0 saturated carbocycles. The number of nitrogens with one attached hydrogen (secondary N) is 2. The molecule has 1 aromatic rings. The average molecular weight is 466 g/mol. The van der Waals surface area contributed by atoms with E-state index in [1.165, 1.54) is 5.57 Å². The number of likely N-dealkylation sites (N-methyl/N-ethyl adjacent to an activating group) is 1. The number of allylic oxidation sites excluding steroid dienone is 1. The van der Waals surface area contributed by atoms with Crippen molar-refractivity contribution in [1.29, 1.82) is 0 Å². The van der Waals surface area contributed by atoms with Crippen LogP contribution in [0.3, 0.4) is 0 Å². The van der Waals surface area contributed by atoms with Gasteiger partial charge >= 0.3 is 0 Å². The Morgan fingerprint density at radius 2 is 1.88 bits per heavy atom. The summed E-state index contributed by atoms with van der Waals surface area (Å²) in [6, 6.07) is 6.39. The SMILES string of the molecule is COc1ccc(S(=O)(=O)NC[C@@H]2C=C(C)[C@H](CC(=O)NCCN(C)C)C[C@H]2C(C)C)cc1. The monoisotopic (exact) mass is 465 g/mol. The third-order valence-electron chi connectivity index (χ3n) is 6.28. The summed E-state index contributed by atoms with van der Waals surface area (Å²) in [6.45, 7) is 8.19. The van der Waals surface area contributed by atoms with Crippen molar-refractivity contribution >= 4 is 15.9 Å². The summed E-state index contributed by atoms with van der Waals surface area (Å²) < 4.78 is 33.4. The van der Waals surface area contributed by atoms with Crippen LogP contribution in [0.2, 0.25) is 0 Å². The lowest BCUT2D eigenvalue weighted by Gasteiger charge is -2.37. The molecular formula is C24H39N3O4S. The van der Waals surface area contributed by atoms with Crippen molar-refractivity contribution in [3.05, 3.63) is 35.9 Å². The highest BCUT2D eigenvalue weighted by Gasteiger charge is 2.33. The second-order valence-electron chi connectivity index (χ2n) is 9.30. The van der Waals surface area contributed by atoms with Crippen LogP contribution in [0.4, 0.5) is 0 Å². The molecule has 0 bridgehead atoms. The van der Waals surface area contributed by atoms with Gasteiger partial charge in [0.05, 0.1) is 12.0 Å². The maximum absolute atomic E-state index is 12.8. The predicted molar refractivity (Wildman–Crippen MR) is 128 cm³/mol. The number of ether oxygens (including phenoxy) is 1. The Bertz CT molecular complexity index is 879. The fourth-order valence-electron chi connectivity index (χ4n) is 4.27. The van der Waals surface area contributed by atoms with Crippen molar-refractivity contribution in [3.63, 3.8) is 0 Å². The zero-order valence-electron chi connectivity index (χ0n) is 20.2. The third-order valence-corrected chi connectivity index (χ3v) is 7.72. The standard InChI is InChI=1S/C24H39N3O4S/c1-17(2)23-14-19(15-24(28)25-11-12-27(4)5)18(3)13-20(23)16-26-32(29,30)22-9-7-21(31-6)8-10-22/h7-10,13,17,19-20,23,26H,11-12,14-16H2,1-6H3,(H,25,28)/t19-,20-,23-/m0/s1. The van der Waals surface area contributed by atoms with Gasteiger partial charge in [0.1, 0.15) is 5.75 Å². The highest BCUT2D eigenvalue weighted by atomic mass is 32.2. The number of benzene rings is 1. The van der Waals surface area contributed by atoms with Gasteiger partial charge in [-0.1, -0.05) is 25.5 Å². The Hall–Kier alpha value is -1.90. The molecule has 0 aliphatic heterocycles. The lowest BCUT2D eigenvalue weighted by molar-refractivity contribution is -0.122. The Morgan fingerprint density at radius 1 is 1.22 bits per heavy atom. The minimum atomic E-state index is -3.60. The number of methoxy groups -OCH3 is 1. The summed E-state index contributed by atoms with van der Waals surface area (Å²) >= 11 is 0. The maximum atomic E-state index is 12.8. The van der Waals surface area contributed by atoms with Gasteiger partial charge in [0.15, 0.2) is 0 Å². The lowest BCUT2D eigenvalue weighted by atomic mass is 9.70. The van der Waals surface area contributed by atoms with Gasteiger partial charge in [0.2, 0.25) is 15.9 Å². The maximum Gasteiger partial charge on any atom is 0.240 e. The average Bonchev–Trinajstić information content (AvgIpc) is 2.73. The van der Waals surface area contributed by atoms with Gasteiger partial charge in [-0.25, -0.2) is 13.1 Å². The van der Waals surface area contributed by atoms with E-state index in [2.05, 4.69) is 36.9 Å². The fraction of sp³-hybridized carbons (Fsp3) is 0.625. The largest absolute Gasteiger partial charge is 0.497 e. The summed E-state index contributed by atoms with van der Waals surface area (Å²) in [6.07, 6.45) is 3.53. The van der Waals surface area contributed by atoms with Gasteiger partial charge in [0.25, 0.3) is 0 Å². The predicted octanol–water partition coefficient (Wildman–Crippen LogP) is 2.90. The number of hydrogen-bond acceptors (Lipinski definition) is 5. The first-order chi connectivity index (χ1) is 15.0. The van der Waals surface area contributed by atoms with Crippen molar-refractivity contribution in [3.8, 4) is 5.75 Å². The normalized spacial score (nSPS) is 21.5. The molecule has 0 fully saturated rings. The summed E-state index contributed by atoms with van der Waals surface area (Å²) in [5, 5.41) is 3.00. The highest BCUT2D eigenvalue weighted by Crippen LogP contribution is 2.38. The van der Waals surface area contributed by atoms with Crippen LogP contribution in [0.1, 0.15) is 33.6 Å². The minimum absolute atomic E-state index is 0.0748. The van der Waals surface area contributed by atoms with Gasteiger partial charge in [-0.05, 0) is 75.4 Å². The molecule has 0 heterocycles. The molecule has 1 aromatic carbocycles. The third kappa shape index (κ3) is 7.60. The first-order valence-electron chi connectivity index (χ1n) is 11.3. The van der Waals surface area contributed by atoms with Crippen LogP contribution in [-0.4, -0.2) is 60.1 Å². The Balaban J connectivity index is 2.03. The fourth-order valence-corrected chi connectivity index (χ4v) is 5.34. The summed E-state index contributed by atoms with van der Waals surface area (Å²) in [7, 11) is 1.91. The summed E-state index contributed by atoms with van der Waals surface area (Å²) in [5.41, 5.74) is 1.17. The van der Waals surface area contributed by atoms with Crippen LogP contribution in [0, 0.1) is 23.7 Å². The number of rotatable bonds is 11. The van der Waals surface area contributed by atoms with Gasteiger partial charge in [0, 0.05) is 26.1 Å². The zero-order valence-corrected chi connectivity index (χ0v) is 21.0. The molecule has 1 aliphatic carbocycles. The van der Waals surface area contributed by atoms with Gasteiger partial charge in [-0.2, -0.15) is 0 Å². The summed E-state index contributed by atoms with van der Waals surface area (Å²) in [5.74, 6) is 1.66. The molecule has 0 spiro atoms. The molecule has 0 unspecified atom stereocenters. The molecule has 8 heteroatoms. The number of amides is 1. The van der Waals surface area contributed by atoms with Crippen molar-refractivity contribution < 1.29 is 17.9 Å². The Kier molecular flexibility index (Phi) is 9.73. The van der Waals surface area contributed by atoms with E-state index >= 15 is 0 Å². The van der Waals surface area contributed by atoms with E-state index in [1.807, 2.05) is 19.0 Å². The smallest absolute Gasteiger partial charge is 0.240 e. The lowest BCUT2D eigenvalue weighted by Crippen LogP contribution is -2.38. The number of nitrogens with zero attached hydrogens (tertiary/aromatic N) is 1. The molecule has 32 heavy (non-hydrogen) atoms. The molecule has 0 saturated heterocycles. The molecule has 2 N–H and O–H groups in total. The summed E-state index contributed by atoms with van der Waals surface area (Å²) in [4.78, 5) is 14.7. The van der Waals surface area contributed by atoms with Crippen molar-refractivity contribution in [1.82, 2.24) is 14.9 Å². The van der Waals surface area contributed by atoms with Crippen LogP contribution in [-0.2, 0) is 14.8 Å². The first-order valence-corrected chi connectivity index (χ1v) is 12.7. The Morgan fingerprint density at radius 3 is 2.44 bits per heavy atom. The van der Waals surface area contributed by atoms with Crippen LogP contribution in [0.5, 0.6) is 5.75 Å². The van der Waals surface area contributed by atoms with E-state index in [4.69, 9.17) is 4.74 Å². The number of carbonyl (C=O) groups is 1. The van der Waals surface area contributed by atoms with Gasteiger partial charge in [-0.15, -0.1) is 0 Å². The van der Waals surface area contributed by atoms with Gasteiger partial charge < -0.3 is 15.0 Å². The molecule has 180 valence electrons. The van der Waals surface area contributed by atoms with E-state index in [-0.39, 0.29) is 22.6 Å². The highest BCUT2D eigenvalue weighted by molar-refractivity contribution is 7.89. The number of sulfonamides is 1. The number of hydrogen-bond donors (Lipinski definition) is 2. The molecule has 1 aliphatic rings. The molecule has 0 aromatic heterocycles. The second-order valence-corrected chi connectivity index (χ2v) is 11.1. The van der Waals surface area contributed by atoms with E-state index in [0.717, 1.165) is 13.0 Å². The molecule has 7 nitrogen and oxygen atoms in total. The van der Waals surface area contributed by atoms with Crippen LogP contribution in [0.15, 0.2) is 40.8 Å². The van der Waals surface area contributed by atoms with E-state index in [1.54, 1.807) is 31.4 Å². The number of carbonyl (C=O) groups excluding carboxylic acids is 1. The van der Waals surface area contributed by atoms with E-state index in [0.29, 0.717) is 37.1 Å². The van der Waals surface area contributed by atoms with Crippen LogP contribution < -0.4 is 14.8 Å². The molecule has 1 amide bonds. The minimum Gasteiger partial charge on any atom is -0.497 e. The molecular weight excluding hydrogens is 426 g/mol. The van der Waals surface area contributed by atoms with Crippen molar-refractivity contribution in [2.45, 2.75) is 38.5 Å². The quantitative estimate of drug-likeness (QED) is 0.491. The molecule has 3 atom stereocenters. The van der Waals surface area contributed by atoms with Crippen molar-refractivity contribution in [2.24, 2.45) is 23.7 Å².